The van der Waals surface area contributed by atoms with E-state index in [9.17, 15) is 9.59 Å². The predicted octanol–water partition coefficient (Wildman–Crippen LogP) is 3.36. The number of nitrogens with one attached hydrogen (secondary N) is 2. The number of carbonyl (C=O) groups is 2. The maximum absolute atomic E-state index is 12.2. The Hall–Kier alpha value is -1.53. The van der Waals surface area contributed by atoms with Crippen LogP contribution in [0.25, 0.3) is 0 Å². The highest BCUT2D eigenvalue weighted by atomic mass is 35.5. The average Bonchev–Trinajstić information content (AvgIpc) is 2.83. The number of hydrogen-bond donors (Lipinski definition) is 2. The maximum atomic E-state index is 12.2. The van der Waals surface area contributed by atoms with E-state index in [1.165, 1.54) is 11.8 Å². The number of carbonyl (C=O) groups excluding carboxylic acids is 2. The van der Waals surface area contributed by atoms with Crippen LogP contribution in [-0.4, -0.2) is 28.3 Å². The molecule has 1 fully saturated rings. The second-order valence-corrected chi connectivity index (χ2v) is 7.05. The molecule has 0 bridgehead atoms. The van der Waals surface area contributed by atoms with E-state index in [0.717, 1.165) is 12.0 Å². The second-order valence-electron chi connectivity index (χ2n) is 5.45. The van der Waals surface area contributed by atoms with Gasteiger partial charge in [-0.05, 0) is 38.0 Å². The van der Waals surface area contributed by atoms with Gasteiger partial charge in [-0.3, -0.25) is 14.6 Å². The van der Waals surface area contributed by atoms with Crippen molar-refractivity contribution in [2.24, 2.45) is 4.99 Å². The van der Waals surface area contributed by atoms with Gasteiger partial charge >= 0.3 is 0 Å². The summed E-state index contributed by atoms with van der Waals surface area (Å²) in [6.45, 7) is 5.86. The van der Waals surface area contributed by atoms with Gasteiger partial charge in [0.05, 0.1) is 0 Å². The summed E-state index contributed by atoms with van der Waals surface area (Å²) in [7, 11) is 0. The Morgan fingerprint density at radius 2 is 2.26 bits per heavy atom. The van der Waals surface area contributed by atoms with Crippen LogP contribution >= 0.6 is 23.4 Å². The molecular weight excluding hydrogens is 334 g/mol. The van der Waals surface area contributed by atoms with Crippen molar-refractivity contribution < 1.29 is 9.59 Å². The van der Waals surface area contributed by atoms with Gasteiger partial charge in [-0.15, -0.1) is 0 Å². The van der Waals surface area contributed by atoms with Crippen molar-refractivity contribution in [1.29, 1.82) is 0 Å². The standard InChI is InChI=1S/C16H20ClN3O2S/c1-4-9(2)18-16-20-15(22)13(23-16)8-14(21)19-12-7-5-6-11(17)10(12)3/h5-7,9,13H,4,8H2,1-3H3,(H,19,21)(H,18,20,22). The van der Waals surface area contributed by atoms with E-state index in [0.29, 0.717) is 15.9 Å². The van der Waals surface area contributed by atoms with E-state index in [1.807, 2.05) is 20.8 Å². The molecule has 1 aliphatic rings. The summed E-state index contributed by atoms with van der Waals surface area (Å²) in [6, 6.07) is 5.49. The smallest absolute Gasteiger partial charge is 0.240 e. The van der Waals surface area contributed by atoms with Crippen LogP contribution in [0.2, 0.25) is 5.02 Å². The summed E-state index contributed by atoms with van der Waals surface area (Å²) in [5.74, 6) is -0.386. The minimum atomic E-state index is -0.447. The third-order valence-corrected chi connectivity index (χ3v) is 5.12. The number of anilines is 1. The summed E-state index contributed by atoms with van der Waals surface area (Å²) < 4.78 is 0. The molecule has 2 unspecified atom stereocenters. The first kappa shape index (κ1) is 17.8. The molecule has 0 radical (unpaired) electrons. The monoisotopic (exact) mass is 353 g/mol. The third kappa shape index (κ3) is 4.72. The van der Waals surface area contributed by atoms with E-state index in [4.69, 9.17) is 11.6 Å². The second kappa shape index (κ2) is 7.84. The van der Waals surface area contributed by atoms with Gasteiger partial charge in [0.2, 0.25) is 11.8 Å². The fourth-order valence-corrected chi connectivity index (χ4v) is 3.25. The average molecular weight is 354 g/mol. The summed E-state index contributed by atoms with van der Waals surface area (Å²) in [4.78, 5) is 28.5. The van der Waals surface area contributed by atoms with Gasteiger partial charge in [-0.2, -0.15) is 0 Å². The largest absolute Gasteiger partial charge is 0.326 e. The quantitative estimate of drug-likeness (QED) is 0.852. The van der Waals surface area contributed by atoms with Gasteiger partial charge in [-0.25, -0.2) is 0 Å². The summed E-state index contributed by atoms with van der Waals surface area (Å²) in [5, 5.41) is 6.29. The van der Waals surface area contributed by atoms with E-state index in [1.54, 1.807) is 18.2 Å². The van der Waals surface area contributed by atoms with Crippen LogP contribution in [-0.2, 0) is 9.59 Å². The van der Waals surface area contributed by atoms with Crippen LogP contribution in [0.15, 0.2) is 23.2 Å². The molecule has 23 heavy (non-hydrogen) atoms. The number of rotatable bonds is 5. The molecule has 1 aliphatic heterocycles. The Bertz CT molecular complexity index is 648. The van der Waals surface area contributed by atoms with E-state index < -0.39 is 5.25 Å². The molecule has 0 spiro atoms. The van der Waals surface area contributed by atoms with Crippen LogP contribution in [0, 0.1) is 6.92 Å². The fourth-order valence-electron chi connectivity index (χ4n) is 2.00. The Morgan fingerprint density at radius 1 is 1.52 bits per heavy atom. The summed E-state index contributed by atoms with van der Waals surface area (Å²) >= 11 is 7.35. The van der Waals surface area contributed by atoms with Crippen LogP contribution in [0.1, 0.15) is 32.3 Å². The molecule has 2 N–H and O–H groups in total. The molecular formula is C16H20ClN3O2S. The highest BCUT2D eigenvalue weighted by Gasteiger charge is 2.32. The molecule has 0 aromatic heterocycles. The molecule has 0 saturated carbocycles. The number of aliphatic imine (C=N–C) groups is 1. The van der Waals surface area contributed by atoms with Crippen molar-refractivity contribution in [3.63, 3.8) is 0 Å². The van der Waals surface area contributed by atoms with Gasteiger partial charge in [0, 0.05) is 23.2 Å². The Labute approximate surface area is 145 Å². The third-order valence-electron chi connectivity index (χ3n) is 3.62. The van der Waals surface area contributed by atoms with E-state index >= 15 is 0 Å². The minimum absolute atomic E-state index is 0.0992. The molecule has 2 atom stereocenters. The molecule has 7 heteroatoms. The summed E-state index contributed by atoms with van der Waals surface area (Å²) in [6.07, 6.45) is 1.00. The Balaban J connectivity index is 1.97. The molecule has 1 saturated heterocycles. The SMILES string of the molecule is CCC(C)N=C1NC(=O)C(CC(=O)Nc2cccc(Cl)c2C)S1. The molecule has 5 nitrogen and oxygen atoms in total. The highest BCUT2D eigenvalue weighted by Crippen LogP contribution is 2.26. The molecule has 1 aromatic carbocycles. The highest BCUT2D eigenvalue weighted by molar-refractivity contribution is 8.15. The topological polar surface area (TPSA) is 70.6 Å². The van der Waals surface area contributed by atoms with Crippen LogP contribution < -0.4 is 10.6 Å². The number of hydrogen-bond acceptors (Lipinski definition) is 4. The number of amides is 2. The van der Waals surface area contributed by atoms with Crippen LogP contribution in [0.5, 0.6) is 0 Å². The first-order valence-corrected chi connectivity index (χ1v) is 8.76. The maximum Gasteiger partial charge on any atom is 0.240 e. The lowest BCUT2D eigenvalue weighted by Crippen LogP contribution is -2.28. The molecule has 1 aromatic rings. The van der Waals surface area contributed by atoms with Crippen molar-refractivity contribution in [2.45, 2.75) is 44.9 Å². The molecule has 2 amide bonds. The number of halogens is 1. The zero-order valence-corrected chi connectivity index (χ0v) is 14.9. The Kier molecular flexibility index (Phi) is 6.07. The first-order chi connectivity index (χ1) is 10.9. The van der Waals surface area contributed by atoms with E-state index in [-0.39, 0.29) is 24.3 Å². The molecule has 124 valence electrons. The van der Waals surface area contributed by atoms with Crippen molar-refractivity contribution in [3.05, 3.63) is 28.8 Å². The van der Waals surface area contributed by atoms with Gasteiger partial charge < -0.3 is 10.6 Å². The molecule has 2 rings (SSSR count). The van der Waals surface area contributed by atoms with Crippen LogP contribution in [0.4, 0.5) is 5.69 Å². The van der Waals surface area contributed by atoms with Crippen molar-refractivity contribution in [1.82, 2.24) is 5.32 Å². The number of amidine groups is 1. The lowest BCUT2D eigenvalue weighted by molar-refractivity contribution is -0.122. The molecule has 1 heterocycles. The lowest BCUT2D eigenvalue weighted by atomic mass is 10.2. The van der Waals surface area contributed by atoms with Crippen molar-refractivity contribution in [2.75, 3.05) is 5.32 Å². The van der Waals surface area contributed by atoms with Gasteiger partial charge in [0.15, 0.2) is 5.17 Å². The first-order valence-electron chi connectivity index (χ1n) is 7.51. The van der Waals surface area contributed by atoms with Crippen LogP contribution in [0.3, 0.4) is 0 Å². The zero-order chi connectivity index (χ0) is 17.0. The van der Waals surface area contributed by atoms with Crippen molar-refractivity contribution in [3.8, 4) is 0 Å². The van der Waals surface area contributed by atoms with E-state index in [2.05, 4.69) is 15.6 Å². The fraction of sp³-hybridized carbons (Fsp3) is 0.438. The van der Waals surface area contributed by atoms with Crippen molar-refractivity contribution >= 4 is 46.0 Å². The minimum Gasteiger partial charge on any atom is -0.326 e. The van der Waals surface area contributed by atoms with Gasteiger partial charge in [-0.1, -0.05) is 36.4 Å². The normalized spacial score (nSPS) is 20.4. The summed E-state index contributed by atoms with van der Waals surface area (Å²) in [5.41, 5.74) is 1.48. The number of benzene rings is 1. The number of nitrogens with zero attached hydrogens (tertiary/aromatic N) is 1. The Morgan fingerprint density at radius 3 is 2.96 bits per heavy atom. The van der Waals surface area contributed by atoms with Gasteiger partial charge in [0.1, 0.15) is 5.25 Å². The number of thioether (sulfide) groups is 1. The lowest BCUT2D eigenvalue weighted by Gasteiger charge is -2.10. The van der Waals surface area contributed by atoms with Gasteiger partial charge in [0.25, 0.3) is 0 Å². The zero-order valence-electron chi connectivity index (χ0n) is 13.4. The predicted molar refractivity (Wildman–Crippen MR) is 96.1 cm³/mol. The molecule has 0 aliphatic carbocycles.